The predicted octanol–water partition coefficient (Wildman–Crippen LogP) is 5.95. The van der Waals surface area contributed by atoms with E-state index in [0.29, 0.717) is 0 Å². The monoisotopic (exact) mass is 363 g/mol. The van der Waals surface area contributed by atoms with Gasteiger partial charge in [-0.3, -0.25) is 0 Å². The summed E-state index contributed by atoms with van der Waals surface area (Å²) in [6.07, 6.45) is 0. The van der Waals surface area contributed by atoms with Gasteiger partial charge < -0.3 is 4.43 Å². The fourth-order valence-electron chi connectivity index (χ4n) is 1.76. The third-order valence-electron chi connectivity index (χ3n) is 4.12. The largest absolute Gasteiger partial charge is 0.542 e. The lowest BCUT2D eigenvalue weighted by Gasteiger charge is -2.37. The molecule has 2 nitrogen and oxygen atoms in total. The molecule has 0 amide bonds. The average molecular weight is 364 g/mol. The zero-order chi connectivity index (χ0) is 15.7. The van der Waals surface area contributed by atoms with E-state index in [9.17, 15) is 0 Å². The number of hydrogen-bond acceptors (Lipinski definition) is 2. The van der Waals surface area contributed by atoms with Gasteiger partial charge in [0.2, 0.25) is 0 Å². The van der Waals surface area contributed by atoms with Crippen LogP contribution in [0.5, 0.6) is 0 Å². The minimum absolute atomic E-state index is 0.158. The number of pyridine rings is 1. The van der Waals surface area contributed by atoms with Crippen LogP contribution in [0, 0.1) is 0 Å². The standard InChI is InChI=1S/C17H22BrNOSi/c1-17(2,3)21(4,5)20-16(12-18)15-11-10-13-8-6-7-9-14(13)19-15/h6-12H,1-5H3. The molecule has 0 saturated carbocycles. The van der Waals surface area contributed by atoms with Crippen molar-refractivity contribution in [1.29, 1.82) is 0 Å². The molecular formula is C17H22BrNOSi. The van der Waals surface area contributed by atoms with E-state index in [1.165, 1.54) is 0 Å². The summed E-state index contributed by atoms with van der Waals surface area (Å²) >= 11 is 3.43. The summed E-state index contributed by atoms with van der Waals surface area (Å²) in [5.41, 5.74) is 1.86. The first kappa shape index (κ1) is 16.2. The molecule has 0 aliphatic heterocycles. The number of halogens is 1. The summed E-state index contributed by atoms with van der Waals surface area (Å²) in [5.74, 6) is 0.812. The predicted molar refractivity (Wildman–Crippen MR) is 96.9 cm³/mol. The highest BCUT2D eigenvalue weighted by Gasteiger charge is 2.39. The van der Waals surface area contributed by atoms with Crippen molar-refractivity contribution in [3.8, 4) is 0 Å². The van der Waals surface area contributed by atoms with E-state index in [4.69, 9.17) is 9.41 Å². The van der Waals surface area contributed by atoms with Gasteiger partial charge in [-0.1, -0.05) is 61.0 Å². The van der Waals surface area contributed by atoms with E-state index in [1.807, 2.05) is 29.3 Å². The van der Waals surface area contributed by atoms with Crippen molar-refractivity contribution in [1.82, 2.24) is 4.98 Å². The van der Waals surface area contributed by atoms with Crippen LogP contribution in [0.4, 0.5) is 0 Å². The Morgan fingerprint density at radius 3 is 2.43 bits per heavy atom. The van der Waals surface area contributed by atoms with Gasteiger partial charge in [0.05, 0.1) is 5.52 Å². The molecule has 0 atom stereocenters. The van der Waals surface area contributed by atoms with Gasteiger partial charge in [-0.2, -0.15) is 0 Å². The Labute approximate surface area is 136 Å². The van der Waals surface area contributed by atoms with Crippen molar-refractivity contribution in [2.24, 2.45) is 0 Å². The van der Waals surface area contributed by atoms with Crippen LogP contribution in [-0.4, -0.2) is 13.3 Å². The summed E-state index contributed by atoms with van der Waals surface area (Å²) in [6, 6.07) is 12.2. The molecule has 1 aromatic heterocycles. The second-order valence-electron chi connectivity index (χ2n) is 6.72. The molecule has 0 aliphatic carbocycles. The molecule has 0 bridgehead atoms. The number of rotatable bonds is 3. The van der Waals surface area contributed by atoms with E-state index >= 15 is 0 Å². The zero-order valence-corrected chi connectivity index (χ0v) is 15.9. The number of para-hydroxylation sites is 1. The van der Waals surface area contributed by atoms with Gasteiger partial charge in [0.15, 0.2) is 0 Å². The molecule has 0 unspecified atom stereocenters. The minimum atomic E-state index is -1.88. The maximum atomic E-state index is 6.38. The van der Waals surface area contributed by atoms with Gasteiger partial charge in [0.1, 0.15) is 11.5 Å². The van der Waals surface area contributed by atoms with E-state index in [0.717, 1.165) is 22.4 Å². The van der Waals surface area contributed by atoms with Crippen molar-refractivity contribution in [3.63, 3.8) is 0 Å². The Bertz CT molecular complexity index is 674. The third kappa shape index (κ3) is 3.55. The number of fused-ring (bicyclic) bond motifs is 1. The molecule has 0 aliphatic rings. The van der Waals surface area contributed by atoms with Crippen molar-refractivity contribution >= 4 is 40.9 Å². The van der Waals surface area contributed by atoms with Crippen molar-refractivity contribution in [3.05, 3.63) is 47.1 Å². The van der Waals surface area contributed by atoms with Crippen LogP contribution >= 0.6 is 15.9 Å². The molecule has 0 radical (unpaired) electrons. The lowest BCUT2D eigenvalue weighted by Crippen LogP contribution is -2.40. The summed E-state index contributed by atoms with van der Waals surface area (Å²) in [4.78, 5) is 6.55. The van der Waals surface area contributed by atoms with Crippen molar-refractivity contribution < 1.29 is 4.43 Å². The molecule has 2 rings (SSSR count). The molecular weight excluding hydrogens is 342 g/mol. The van der Waals surface area contributed by atoms with E-state index < -0.39 is 8.32 Å². The van der Waals surface area contributed by atoms with Gasteiger partial charge in [-0.05, 0) is 30.3 Å². The SMILES string of the molecule is CC(C)(C)[Si](C)(C)OC(=CBr)c1ccc2ccccc2n1. The minimum Gasteiger partial charge on any atom is -0.542 e. The van der Waals surface area contributed by atoms with Crippen molar-refractivity contribution in [2.45, 2.75) is 38.9 Å². The summed E-state index contributed by atoms with van der Waals surface area (Å²) in [5, 5.41) is 1.30. The van der Waals surface area contributed by atoms with Crippen LogP contribution in [0.15, 0.2) is 41.4 Å². The molecule has 0 saturated heterocycles. The highest BCUT2D eigenvalue weighted by molar-refractivity contribution is 9.11. The second kappa shape index (κ2) is 5.93. The fourth-order valence-corrected chi connectivity index (χ4v) is 3.28. The molecule has 1 heterocycles. The Morgan fingerprint density at radius 2 is 1.81 bits per heavy atom. The topological polar surface area (TPSA) is 22.1 Å². The fraction of sp³-hybridized carbons (Fsp3) is 0.353. The van der Waals surface area contributed by atoms with Crippen LogP contribution in [0.25, 0.3) is 16.7 Å². The van der Waals surface area contributed by atoms with E-state index in [1.54, 1.807) is 0 Å². The van der Waals surface area contributed by atoms with Crippen LogP contribution < -0.4 is 0 Å². The molecule has 4 heteroatoms. The van der Waals surface area contributed by atoms with Crippen molar-refractivity contribution in [2.75, 3.05) is 0 Å². The Balaban J connectivity index is 2.37. The second-order valence-corrected chi connectivity index (χ2v) is 11.9. The van der Waals surface area contributed by atoms with Gasteiger partial charge in [0.25, 0.3) is 8.32 Å². The number of hydrogen-bond donors (Lipinski definition) is 0. The van der Waals surface area contributed by atoms with Gasteiger partial charge in [-0.25, -0.2) is 4.98 Å². The molecule has 21 heavy (non-hydrogen) atoms. The lowest BCUT2D eigenvalue weighted by molar-refractivity contribution is 0.457. The molecule has 0 spiro atoms. The van der Waals surface area contributed by atoms with Gasteiger partial charge in [0, 0.05) is 10.4 Å². The third-order valence-corrected chi connectivity index (χ3v) is 8.88. The highest BCUT2D eigenvalue weighted by atomic mass is 79.9. The van der Waals surface area contributed by atoms with E-state index in [-0.39, 0.29) is 5.04 Å². The van der Waals surface area contributed by atoms with Crippen LogP contribution in [0.1, 0.15) is 26.5 Å². The summed E-state index contributed by atoms with van der Waals surface area (Å²) in [7, 11) is -1.88. The van der Waals surface area contributed by atoms with Crippen LogP contribution in [0.2, 0.25) is 18.1 Å². The smallest absolute Gasteiger partial charge is 0.250 e. The normalized spacial score (nSPS) is 13.5. The molecule has 112 valence electrons. The zero-order valence-electron chi connectivity index (χ0n) is 13.3. The van der Waals surface area contributed by atoms with Crippen LogP contribution in [-0.2, 0) is 4.43 Å². The summed E-state index contributed by atoms with van der Waals surface area (Å²) < 4.78 is 6.38. The summed E-state index contributed by atoms with van der Waals surface area (Å²) in [6.45, 7) is 11.2. The molecule has 2 aromatic rings. The van der Waals surface area contributed by atoms with E-state index in [2.05, 4.69) is 61.9 Å². The van der Waals surface area contributed by atoms with Crippen LogP contribution in [0.3, 0.4) is 0 Å². The molecule has 0 N–H and O–H groups in total. The first-order valence-electron chi connectivity index (χ1n) is 7.10. The molecule has 1 aromatic carbocycles. The first-order valence-corrected chi connectivity index (χ1v) is 10.9. The maximum Gasteiger partial charge on any atom is 0.250 e. The Kier molecular flexibility index (Phi) is 4.59. The lowest BCUT2D eigenvalue weighted by atomic mass is 10.2. The van der Waals surface area contributed by atoms with Gasteiger partial charge >= 0.3 is 0 Å². The molecule has 0 fully saturated rings. The number of aromatic nitrogens is 1. The number of benzene rings is 1. The quantitative estimate of drug-likeness (QED) is 0.496. The van der Waals surface area contributed by atoms with Gasteiger partial charge in [-0.15, -0.1) is 0 Å². The Morgan fingerprint density at radius 1 is 1.14 bits per heavy atom. The first-order chi connectivity index (χ1) is 9.74. The highest BCUT2D eigenvalue weighted by Crippen LogP contribution is 2.39. The number of nitrogens with zero attached hydrogens (tertiary/aromatic N) is 1. The Hall–Kier alpha value is -1.13. The maximum absolute atomic E-state index is 6.38. The average Bonchev–Trinajstić information content (AvgIpc) is 2.43.